The molecule has 1 aromatic heterocycles. The van der Waals surface area contributed by atoms with Gasteiger partial charge in [-0.25, -0.2) is 4.98 Å². The predicted molar refractivity (Wildman–Crippen MR) is 98.1 cm³/mol. The number of nitrogens with zero attached hydrogens (tertiary/aromatic N) is 2. The van der Waals surface area contributed by atoms with Crippen LogP contribution in [0.2, 0.25) is 0 Å². The van der Waals surface area contributed by atoms with Crippen LogP contribution in [0.3, 0.4) is 0 Å². The van der Waals surface area contributed by atoms with E-state index in [2.05, 4.69) is 43.2 Å². The number of benzene rings is 2. The monoisotopic (exact) mass is 321 g/mol. The summed E-state index contributed by atoms with van der Waals surface area (Å²) in [5.41, 5.74) is 4.22. The molecule has 0 unspecified atom stereocenters. The van der Waals surface area contributed by atoms with Crippen molar-refractivity contribution in [2.75, 3.05) is 5.32 Å². The van der Waals surface area contributed by atoms with Gasteiger partial charge in [-0.2, -0.15) is 0 Å². The molecule has 124 valence electrons. The smallest absolute Gasteiger partial charge is 0.226 e. The van der Waals surface area contributed by atoms with Crippen molar-refractivity contribution in [2.45, 2.75) is 39.2 Å². The summed E-state index contributed by atoms with van der Waals surface area (Å²) in [6.45, 7) is 7.15. The molecule has 2 aromatic carbocycles. The SMILES string of the molecule is CC(C)(C)c1ccc(NC(=O)CCn2cnc3ccccc32)cc1. The van der Waals surface area contributed by atoms with Gasteiger partial charge < -0.3 is 9.88 Å². The van der Waals surface area contributed by atoms with E-state index >= 15 is 0 Å². The Kier molecular flexibility index (Phi) is 4.38. The number of imidazole rings is 1. The molecule has 0 saturated carbocycles. The highest BCUT2D eigenvalue weighted by molar-refractivity contribution is 5.90. The lowest BCUT2D eigenvalue weighted by Crippen LogP contribution is -2.15. The first kappa shape index (κ1) is 16.2. The van der Waals surface area contributed by atoms with E-state index < -0.39 is 0 Å². The van der Waals surface area contributed by atoms with E-state index in [1.165, 1.54) is 5.56 Å². The van der Waals surface area contributed by atoms with Crippen molar-refractivity contribution in [3.05, 3.63) is 60.4 Å². The second-order valence-corrected chi connectivity index (χ2v) is 7.05. The number of rotatable bonds is 4. The maximum atomic E-state index is 12.2. The summed E-state index contributed by atoms with van der Waals surface area (Å²) < 4.78 is 2.01. The average Bonchev–Trinajstić information content (AvgIpc) is 2.96. The molecule has 24 heavy (non-hydrogen) atoms. The summed E-state index contributed by atoms with van der Waals surface area (Å²) in [6, 6.07) is 16.0. The maximum absolute atomic E-state index is 12.2. The van der Waals surface area contributed by atoms with E-state index in [0.29, 0.717) is 13.0 Å². The van der Waals surface area contributed by atoms with Gasteiger partial charge in [0.2, 0.25) is 5.91 Å². The zero-order valence-corrected chi connectivity index (χ0v) is 14.4. The van der Waals surface area contributed by atoms with Crippen LogP contribution in [-0.2, 0) is 16.8 Å². The molecule has 0 spiro atoms. The van der Waals surface area contributed by atoms with Gasteiger partial charge >= 0.3 is 0 Å². The Labute approximate surface area is 142 Å². The first-order valence-electron chi connectivity index (χ1n) is 8.24. The van der Waals surface area contributed by atoms with Gasteiger partial charge in [0.15, 0.2) is 0 Å². The van der Waals surface area contributed by atoms with Crippen LogP contribution in [0, 0.1) is 0 Å². The van der Waals surface area contributed by atoms with Gasteiger partial charge in [0.05, 0.1) is 17.4 Å². The molecule has 0 saturated heterocycles. The first-order chi connectivity index (χ1) is 11.4. The van der Waals surface area contributed by atoms with Crippen molar-refractivity contribution < 1.29 is 4.79 Å². The largest absolute Gasteiger partial charge is 0.330 e. The van der Waals surface area contributed by atoms with E-state index in [9.17, 15) is 4.79 Å². The topological polar surface area (TPSA) is 46.9 Å². The minimum atomic E-state index is 0.0105. The van der Waals surface area contributed by atoms with Gasteiger partial charge in [-0.05, 0) is 35.2 Å². The molecule has 0 atom stereocenters. The number of para-hydroxylation sites is 2. The van der Waals surface area contributed by atoms with Crippen LogP contribution < -0.4 is 5.32 Å². The number of aromatic nitrogens is 2. The van der Waals surface area contributed by atoms with Crippen molar-refractivity contribution in [3.63, 3.8) is 0 Å². The van der Waals surface area contributed by atoms with Gasteiger partial charge in [-0.1, -0.05) is 45.0 Å². The number of hydrogen-bond acceptors (Lipinski definition) is 2. The van der Waals surface area contributed by atoms with Crippen LogP contribution in [0.15, 0.2) is 54.9 Å². The van der Waals surface area contributed by atoms with Crippen molar-refractivity contribution in [3.8, 4) is 0 Å². The van der Waals surface area contributed by atoms with Crippen LogP contribution in [0.1, 0.15) is 32.8 Å². The van der Waals surface area contributed by atoms with E-state index in [4.69, 9.17) is 0 Å². The average molecular weight is 321 g/mol. The van der Waals surface area contributed by atoms with E-state index in [-0.39, 0.29) is 11.3 Å². The third-order valence-corrected chi connectivity index (χ3v) is 4.14. The fourth-order valence-corrected chi connectivity index (χ4v) is 2.69. The first-order valence-corrected chi connectivity index (χ1v) is 8.24. The normalized spacial score (nSPS) is 11.6. The number of carbonyl (C=O) groups excluding carboxylic acids is 1. The summed E-state index contributed by atoms with van der Waals surface area (Å²) in [5.74, 6) is 0.0105. The van der Waals surface area contributed by atoms with Crippen LogP contribution in [0.5, 0.6) is 0 Å². The summed E-state index contributed by atoms with van der Waals surface area (Å²) in [4.78, 5) is 16.5. The molecule has 4 heteroatoms. The molecular weight excluding hydrogens is 298 g/mol. The number of anilines is 1. The van der Waals surface area contributed by atoms with Gasteiger partial charge in [-0.3, -0.25) is 4.79 Å². The fourth-order valence-electron chi connectivity index (χ4n) is 2.69. The maximum Gasteiger partial charge on any atom is 0.226 e. The standard InChI is InChI=1S/C20H23N3O/c1-20(2,3)15-8-10-16(11-9-15)22-19(24)12-13-23-14-21-17-6-4-5-7-18(17)23/h4-11,14H,12-13H2,1-3H3,(H,22,24). The van der Waals surface area contributed by atoms with Crippen LogP contribution in [0.4, 0.5) is 5.69 Å². The minimum absolute atomic E-state index is 0.0105. The Morgan fingerprint density at radius 2 is 1.79 bits per heavy atom. The molecule has 0 bridgehead atoms. The van der Waals surface area contributed by atoms with Crippen molar-refractivity contribution in [2.24, 2.45) is 0 Å². The van der Waals surface area contributed by atoms with E-state index in [1.54, 1.807) is 6.33 Å². The molecule has 0 aliphatic carbocycles. The number of hydrogen-bond donors (Lipinski definition) is 1. The van der Waals surface area contributed by atoms with Crippen molar-refractivity contribution >= 4 is 22.6 Å². The number of nitrogens with one attached hydrogen (secondary N) is 1. The zero-order valence-electron chi connectivity index (χ0n) is 14.4. The molecule has 1 heterocycles. The Bertz CT molecular complexity index is 841. The Hall–Kier alpha value is -2.62. The molecule has 3 rings (SSSR count). The lowest BCUT2D eigenvalue weighted by atomic mass is 9.87. The number of carbonyl (C=O) groups is 1. The second kappa shape index (κ2) is 6.48. The molecule has 1 amide bonds. The van der Waals surface area contributed by atoms with Crippen LogP contribution >= 0.6 is 0 Å². The molecule has 3 aromatic rings. The highest BCUT2D eigenvalue weighted by atomic mass is 16.1. The van der Waals surface area contributed by atoms with Gasteiger partial charge in [0.25, 0.3) is 0 Å². The molecule has 0 radical (unpaired) electrons. The molecule has 0 fully saturated rings. The molecule has 4 nitrogen and oxygen atoms in total. The lowest BCUT2D eigenvalue weighted by molar-refractivity contribution is -0.116. The van der Waals surface area contributed by atoms with Gasteiger partial charge in [-0.15, -0.1) is 0 Å². The quantitative estimate of drug-likeness (QED) is 0.776. The zero-order chi connectivity index (χ0) is 17.2. The summed E-state index contributed by atoms with van der Waals surface area (Å²) in [6.07, 6.45) is 2.21. The Balaban J connectivity index is 1.60. The van der Waals surface area contributed by atoms with Crippen molar-refractivity contribution in [1.82, 2.24) is 9.55 Å². The van der Waals surface area contributed by atoms with Gasteiger partial charge in [0.1, 0.15) is 0 Å². The molecule has 0 aliphatic rings. The third-order valence-electron chi connectivity index (χ3n) is 4.14. The van der Waals surface area contributed by atoms with E-state index in [1.807, 2.05) is 41.0 Å². The lowest BCUT2D eigenvalue weighted by Gasteiger charge is -2.19. The predicted octanol–water partition coefficient (Wildman–Crippen LogP) is 4.36. The second-order valence-electron chi connectivity index (χ2n) is 7.05. The molecule has 0 aliphatic heterocycles. The number of aryl methyl sites for hydroxylation is 1. The van der Waals surface area contributed by atoms with Crippen LogP contribution in [0.25, 0.3) is 11.0 Å². The summed E-state index contributed by atoms with van der Waals surface area (Å²) >= 11 is 0. The third kappa shape index (κ3) is 3.65. The summed E-state index contributed by atoms with van der Waals surface area (Å²) in [5, 5.41) is 2.96. The summed E-state index contributed by atoms with van der Waals surface area (Å²) in [7, 11) is 0. The Morgan fingerprint density at radius 3 is 2.50 bits per heavy atom. The molecule has 1 N–H and O–H groups in total. The van der Waals surface area contributed by atoms with Gasteiger partial charge in [0, 0.05) is 18.7 Å². The van der Waals surface area contributed by atoms with E-state index in [0.717, 1.165) is 16.7 Å². The molecular formula is C20H23N3O. The van der Waals surface area contributed by atoms with Crippen LogP contribution in [-0.4, -0.2) is 15.5 Å². The number of amides is 1. The highest BCUT2D eigenvalue weighted by Gasteiger charge is 2.13. The van der Waals surface area contributed by atoms with Crippen molar-refractivity contribution in [1.29, 1.82) is 0 Å². The number of fused-ring (bicyclic) bond motifs is 1. The minimum Gasteiger partial charge on any atom is -0.330 e. The Morgan fingerprint density at radius 1 is 1.08 bits per heavy atom. The fraction of sp³-hybridized carbons (Fsp3) is 0.300. The highest BCUT2D eigenvalue weighted by Crippen LogP contribution is 2.23.